The molecule has 0 radical (unpaired) electrons. The van der Waals surface area contributed by atoms with Crippen LogP contribution < -0.4 is 15.0 Å². The van der Waals surface area contributed by atoms with Crippen LogP contribution in [0.1, 0.15) is 11.3 Å². The highest BCUT2D eigenvalue weighted by atomic mass is 16.5. The number of nitrogens with zero attached hydrogens (tertiary/aromatic N) is 1. The van der Waals surface area contributed by atoms with Crippen LogP contribution in [-0.2, 0) is 6.54 Å². The van der Waals surface area contributed by atoms with Crippen molar-refractivity contribution in [3.05, 3.63) is 53.9 Å². The molecule has 1 heterocycles. The molecule has 0 bridgehead atoms. The Hall–Kier alpha value is -2.33. The standard InChI is InChI=1S/C16H18N2O2/c1-20-15-8-6-13(16(19)12-15)5-7-14-4-2-3-10-18(14)11-9-17/h2-8,10,12H,9,11,17H2,1H3/p+1. The Morgan fingerprint density at radius 3 is 2.80 bits per heavy atom. The number of aromatic hydroxyl groups is 1. The first-order valence-electron chi connectivity index (χ1n) is 6.48. The molecule has 0 fully saturated rings. The molecule has 0 aliphatic heterocycles. The van der Waals surface area contributed by atoms with Gasteiger partial charge >= 0.3 is 0 Å². The largest absolute Gasteiger partial charge is 0.507 e. The molecule has 20 heavy (non-hydrogen) atoms. The molecule has 0 amide bonds. The van der Waals surface area contributed by atoms with Gasteiger partial charge in [0.25, 0.3) is 0 Å². The zero-order chi connectivity index (χ0) is 14.4. The first kappa shape index (κ1) is 14.1. The molecule has 3 N–H and O–H groups in total. The Balaban J connectivity index is 2.25. The summed E-state index contributed by atoms with van der Waals surface area (Å²) in [6.07, 6.45) is 5.81. The fraction of sp³-hybridized carbons (Fsp3) is 0.188. The van der Waals surface area contributed by atoms with Crippen LogP contribution in [0.15, 0.2) is 42.6 Å². The molecule has 0 atom stereocenters. The quantitative estimate of drug-likeness (QED) is 0.815. The van der Waals surface area contributed by atoms with Crippen LogP contribution in [-0.4, -0.2) is 18.8 Å². The summed E-state index contributed by atoms with van der Waals surface area (Å²) in [5.41, 5.74) is 7.37. The minimum Gasteiger partial charge on any atom is -0.507 e. The molecule has 0 unspecified atom stereocenters. The molecule has 2 aromatic rings. The summed E-state index contributed by atoms with van der Waals surface area (Å²) < 4.78 is 7.13. The van der Waals surface area contributed by atoms with Crippen LogP contribution in [0.3, 0.4) is 0 Å². The van der Waals surface area contributed by atoms with E-state index >= 15 is 0 Å². The van der Waals surface area contributed by atoms with Gasteiger partial charge in [-0.3, -0.25) is 0 Å². The van der Waals surface area contributed by atoms with Gasteiger partial charge in [-0.2, -0.15) is 4.57 Å². The van der Waals surface area contributed by atoms with E-state index in [1.165, 1.54) is 0 Å². The molecular formula is C16H19N2O2+. The van der Waals surface area contributed by atoms with Crippen molar-refractivity contribution in [1.82, 2.24) is 0 Å². The molecule has 0 spiro atoms. The highest BCUT2D eigenvalue weighted by molar-refractivity contribution is 5.70. The normalized spacial score (nSPS) is 10.9. The van der Waals surface area contributed by atoms with Gasteiger partial charge in [-0.1, -0.05) is 0 Å². The molecule has 4 heteroatoms. The van der Waals surface area contributed by atoms with E-state index in [4.69, 9.17) is 10.5 Å². The average Bonchev–Trinajstić information content (AvgIpc) is 2.47. The van der Waals surface area contributed by atoms with Gasteiger partial charge in [-0.25, -0.2) is 0 Å². The minimum absolute atomic E-state index is 0.196. The van der Waals surface area contributed by atoms with Gasteiger partial charge in [0.1, 0.15) is 11.5 Å². The summed E-state index contributed by atoms with van der Waals surface area (Å²) in [6.45, 7) is 1.35. The SMILES string of the molecule is COc1ccc(/C=C/c2cccc[n+]2CCN)c(O)c1. The van der Waals surface area contributed by atoms with Crippen LogP contribution >= 0.6 is 0 Å². The van der Waals surface area contributed by atoms with E-state index in [1.54, 1.807) is 13.2 Å². The fourth-order valence-electron chi connectivity index (χ4n) is 1.95. The minimum atomic E-state index is 0.196. The van der Waals surface area contributed by atoms with Crippen LogP contribution in [0, 0.1) is 0 Å². The number of phenolic OH excluding ortho intramolecular Hbond substituents is 1. The fourth-order valence-corrected chi connectivity index (χ4v) is 1.95. The lowest BCUT2D eigenvalue weighted by atomic mass is 10.1. The van der Waals surface area contributed by atoms with Crippen molar-refractivity contribution in [2.24, 2.45) is 5.73 Å². The highest BCUT2D eigenvalue weighted by Gasteiger charge is 2.05. The Labute approximate surface area is 118 Å². The first-order chi connectivity index (χ1) is 9.74. The number of pyridine rings is 1. The average molecular weight is 271 g/mol. The summed E-state index contributed by atoms with van der Waals surface area (Å²) >= 11 is 0. The van der Waals surface area contributed by atoms with Crippen molar-refractivity contribution in [3.63, 3.8) is 0 Å². The van der Waals surface area contributed by atoms with Crippen LogP contribution in [0.25, 0.3) is 12.2 Å². The van der Waals surface area contributed by atoms with Gasteiger partial charge in [0, 0.05) is 29.8 Å². The van der Waals surface area contributed by atoms with Gasteiger partial charge in [0.05, 0.1) is 13.7 Å². The number of rotatable bonds is 5. The summed E-state index contributed by atoms with van der Waals surface area (Å²) in [5, 5.41) is 9.92. The molecule has 0 aliphatic rings. The van der Waals surface area contributed by atoms with E-state index in [1.807, 2.05) is 48.7 Å². The van der Waals surface area contributed by atoms with Crippen LogP contribution in [0.2, 0.25) is 0 Å². The van der Waals surface area contributed by atoms with E-state index < -0.39 is 0 Å². The Morgan fingerprint density at radius 2 is 2.10 bits per heavy atom. The molecule has 1 aromatic carbocycles. The Morgan fingerprint density at radius 1 is 1.25 bits per heavy atom. The third-order valence-corrected chi connectivity index (χ3v) is 3.02. The second-order valence-electron chi connectivity index (χ2n) is 4.37. The number of hydrogen-bond acceptors (Lipinski definition) is 3. The maximum absolute atomic E-state index is 9.92. The third-order valence-electron chi connectivity index (χ3n) is 3.02. The number of methoxy groups -OCH3 is 1. The number of benzene rings is 1. The van der Waals surface area contributed by atoms with E-state index in [-0.39, 0.29) is 5.75 Å². The van der Waals surface area contributed by atoms with Crippen molar-refractivity contribution in [3.8, 4) is 11.5 Å². The lowest BCUT2D eigenvalue weighted by Gasteiger charge is -2.03. The Bertz CT molecular complexity index is 609. The topological polar surface area (TPSA) is 59.4 Å². The molecule has 104 valence electrons. The zero-order valence-corrected chi connectivity index (χ0v) is 11.5. The predicted octanol–water partition coefficient (Wildman–Crippen LogP) is 1.82. The molecular weight excluding hydrogens is 252 g/mol. The second-order valence-corrected chi connectivity index (χ2v) is 4.37. The van der Waals surface area contributed by atoms with E-state index in [2.05, 4.69) is 4.57 Å². The predicted molar refractivity (Wildman–Crippen MR) is 79.3 cm³/mol. The van der Waals surface area contributed by atoms with E-state index in [9.17, 15) is 5.11 Å². The summed E-state index contributed by atoms with van der Waals surface area (Å²) in [7, 11) is 1.57. The number of phenols is 1. The van der Waals surface area contributed by atoms with Crippen molar-refractivity contribution >= 4 is 12.2 Å². The summed E-state index contributed by atoms with van der Waals surface area (Å²) in [5.74, 6) is 0.833. The summed E-state index contributed by atoms with van der Waals surface area (Å²) in [6, 6.07) is 11.2. The van der Waals surface area contributed by atoms with Gasteiger partial charge in [0.2, 0.25) is 5.69 Å². The smallest absolute Gasteiger partial charge is 0.205 e. The second kappa shape index (κ2) is 6.73. The summed E-state index contributed by atoms with van der Waals surface area (Å²) in [4.78, 5) is 0. The maximum atomic E-state index is 9.92. The third kappa shape index (κ3) is 3.36. The van der Waals surface area contributed by atoms with Crippen LogP contribution in [0.4, 0.5) is 0 Å². The molecule has 0 saturated carbocycles. The number of nitrogens with two attached hydrogens (primary N) is 1. The van der Waals surface area contributed by atoms with Gasteiger partial charge < -0.3 is 15.6 Å². The number of hydrogen-bond donors (Lipinski definition) is 2. The molecule has 4 nitrogen and oxygen atoms in total. The number of ether oxygens (including phenoxy) is 1. The highest BCUT2D eigenvalue weighted by Crippen LogP contribution is 2.24. The van der Waals surface area contributed by atoms with E-state index in [0.717, 1.165) is 17.8 Å². The van der Waals surface area contributed by atoms with Crippen molar-refractivity contribution < 1.29 is 14.4 Å². The first-order valence-corrected chi connectivity index (χ1v) is 6.48. The number of aromatic nitrogens is 1. The molecule has 0 aliphatic carbocycles. The van der Waals surface area contributed by atoms with Gasteiger partial charge in [-0.05, 0) is 24.3 Å². The van der Waals surface area contributed by atoms with Gasteiger partial charge in [0.15, 0.2) is 12.7 Å². The van der Waals surface area contributed by atoms with Crippen LogP contribution in [0.5, 0.6) is 11.5 Å². The lowest BCUT2D eigenvalue weighted by Crippen LogP contribution is -2.39. The maximum Gasteiger partial charge on any atom is 0.205 e. The lowest BCUT2D eigenvalue weighted by molar-refractivity contribution is -0.696. The molecule has 1 aromatic heterocycles. The zero-order valence-electron chi connectivity index (χ0n) is 11.5. The van der Waals surface area contributed by atoms with Crippen molar-refractivity contribution in [1.29, 1.82) is 0 Å². The van der Waals surface area contributed by atoms with Crippen molar-refractivity contribution in [2.75, 3.05) is 13.7 Å². The monoisotopic (exact) mass is 271 g/mol. The Kier molecular flexibility index (Phi) is 4.74. The molecule has 2 rings (SSSR count). The van der Waals surface area contributed by atoms with Gasteiger partial charge in [-0.15, -0.1) is 0 Å². The molecule has 0 saturated heterocycles. The van der Waals surface area contributed by atoms with E-state index in [0.29, 0.717) is 12.3 Å². The van der Waals surface area contributed by atoms with Crippen molar-refractivity contribution in [2.45, 2.75) is 6.54 Å².